The molecule has 2 rings (SSSR count). The Kier molecular flexibility index (Phi) is 3.94. The van der Waals surface area contributed by atoms with Crippen LogP contribution in [0.15, 0.2) is 30.5 Å². The fraction of sp³-hybridized carbons (Fsp3) is 0.357. The van der Waals surface area contributed by atoms with Crippen molar-refractivity contribution in [1.82, 2.24) is 15.3 Å². The van der Waals surface area contributed by atoms with Crippen LogP contribution in [0.3, 0.4) is 0 Å². The molecule has 17 heavy (non-hydrogen) atoms. The smallest absolute Gasteiger partial charge is 0.110 e. The van der Waals surface area contributed by atoms with Crippen LogP contribution in [0.2, 0.25) is 0 Å². The van der Waals surface area contributed by atoms with Crippen molar-refractivity contribution in [2.45, 2.75) is 26.8 Å². The number of nitrogens with zero attached hydrogens (tertiary/aromatic N) is 1. The third kappa shape index (κ3) is 3.43. The number of benzene rings is 1. The third-order valence-corrected chi connectivity index (χ3v) is 2.70. The average molecular weight is 229 g/mol. The number of H-pyrrole nitrogens is 1. The second-order valence-corrected chi connectivity index (χ2v) is 4.30. The maximum Gasteiger partial charge on any atom is 0.110 e. The zero-order valence-corrected chi connectivity index (χ0v) is 10.5. The minimum atomic E-state index is 0.858. The number of aryl methyl sites for hydroxylation is 1. The zero-order valence-electron chi connectivity index (χ0n) is 10.5. The van der Waals surface area contributed by atoms with Crippen LogP contribution in [-0.2, 0) is 13.0 Å². The normalized spacial score (nSPS) is 10.7. The molecule has 1 aromatic carbocycles. The van der Waals surface area contributed by atoms with Gasteiger partial charge in [-0.2, -0.15) is 0 Å². The van der Waals surface area contributed by atoms with Gasteiger partial charge in [-0.3, -0.25) is 0 Å². The first-order valence-corrected chi connectivity index (χ1v) is 6.07. The number of imidazole rings is 1. The van der Waals surface area contributed by atoms with Crippen LogP contribution in [0, 0.1) is 6.92 Å². The maximum atomic E-state index is 4.40. The number of hydrogen-bond donors (Lipinski definition) is 2. The Morgan fingerprint density at radius 2 is 2.24 bits per heavy atom. The third-order valence-electron chi connectivity index (χ3n) is 2.70. The fourth-order valence-electron chi connectivity index (χ4n) is 1.86. The number of aromatic amines is 1. The molecule has 3 nitrogen and oxygen atoms in total. The molecule has 0 aliphatic rings. The van der Waals surface area contributed by atoms with E-state index in [4.69, 9.17) is 0 Å². The van der Waals surface area contributed by atoms with E-state index in [0.29, 0.717) is 0 Å². The van der Waals surface area contributed by atoms with Crippen molar-refractivity contribution in [1.29, 1.82) is 0 Å². The molecule has 0 aliphatic carbocycles. The van der Waals surface area contributed by atoms with E-state index in [1.165, 1.54) is 11.1 Å². The molecule has 0 unspecified atom stereocenters. The van der Waals surface area contributed by atoms with Gasteiger partial charge in [0.05, 0.1) is 0 Å². The lowest BCUT2D eigenvalue weighted by Gasteiger charge is -2.00. The summed E-state index contributed by atoms with van der Waals surface area (Å²) >= 11 is 0. The van der Waals surface area contributed by atoms with Crippen LogP contribution in [0.1, 0.15) is 29.6 Å². The van der Waals surface area contributed by atoms with Gasteiger partial charge in [0.25, 0.3) is 0 Å². The summed E-state index contributed by atoms with van der Waals surface area (Å²) in [6.45, 7) is 6.05. The van der Waals surface area contributed by atoms with E-state index in [1.54, 1.807) is 0 Å². The van der Waals surface area contributed by atoms with Gasteiger partial charge >= 0.3 is 0 Å². The molecule has 3 heteroatoms. The lowest BCUT2D eigenvalue weighted by atomic mass is 10.1. The second kappa shape index (κ2) is 5.64. The highest BCUT2D eigenvalue weighted by atomic mass is 15.0. The number of hydrogen-bond acceptors (Lipinski definition) is 2. The first-order chi connectivity index (χ1) is 8.28. The predicted molar refractivity (Wildman–Crippen MR) is 70.0 cm³/mol. The Morgan fingerprint density at radius 1 is 1.35 bits per heavy atom. The summed E-state index contributed by atoms with van der Waals surface area (Å²) in [6.07, 6.45) is 2.78. The van der Waals surface area contributed by atoms with Gasteiger partial charge in [-0.05, 0) is 19.0 Å². The Balaban J connectivity index is 2.01. The van der Waals surface area contributed by atoms with Crippen molar-refractivity contribution in [3.05, 3.63) is 53.1 Å². The highest BCUT2D eigenvalue weighted by molar-refractivity contribution is 5.25. The number of nitrogens with one attached hydrogen (secondary N) is 2. The van der Waals surface area contributed by atoms with E-state index in [9.17, 15) is 0 Å². The first kappa shape index (κ1) is 11.9. The standard InChI is InChI=1S/C14H19N3/c1-3-15-9-13-10-16-14(17-13)8-12-6-4-5-11(2)7-12/h4-7,10,15H,3,8-9H2,1-2H3,(H,16,17). The molecule has 0 fully saturated rings. The fourth-order valence-corrected chi connectivity index (χ4v) is 1.86. The summed E-state index contributed by atoms with van der Waals surface area (Å²) in [5.41, 5.74) is 3.74. The van der Waals surface area contributed by atoms with Gasteiger partial charge < -0.3 is 10.3 Å². The van der Waals surface area contributed by atoms with Crippen molar-refractivity contribution in [2.24, 2.45) is 0 Å². The molecule has 0 spiro atoms. The van der Waals surface area contributed by atoms with Gasteiger partial charge in [0.1, 0.15) is 5.82 Å². The van der Waals surface area contributed by atoms with Crippen molar-refractivity contribution >= 4 is 0 Å². The molecule has 0 bridgehead atoms. The molecule has 0 atom stereocenters. The molecular formula is C14H19N3. The summed E-state index contributed by atoms with van der Waals surface area (Å²) in [5, 5.41) is 3.28. The molecule has 2 N–H and O–H groups in total. The zero-order chi connectivity index (χ0) is 12.1. The molecule has 2 aromatic rings. The molecule has 0 saturated heterocycles. The quantitative estimate of drug-likeness (QED) is 0.826. The molecule has 0 aliphatic heterocycles. The van der Waals surface area contributed by atoms with E-state index >= 15 is 0 Å². The maximum absolute atomic E-state index is 4.40. The van der Waals surface area contributed by atoms with Gasteiger partial charge in [0, 0.05) is 24.9 Å². The average Bonchev–Trinajstić information content (AvgIpc) is 2.74. The van der Waals surface area contributed by atoms with Crippen molar-refractivity contribution < 1.29 is 0 Å². The van der Waals surface area contributed by atoms with E-state index in [2.05, 4.69) is 53.4 Å². The molecule has 1 heterocycles. The first-order valence-electron chi connectivity index (χ1n) is 6.07. The summed E-state index contributed by atoms with van der Waals surface area (Å²) < 4.78 is 0. The molecule has 0 amide bonds. The van der Waals surface area contributed by atoms with Crippen molar-refractivity contribution in [2.75, 3.05) is 6.54 Å². The van der Waals surface area contributed by atoms with Gasteiger partial charge in [0.2, 0.25) is 0 Å². The van der Waals surface area contributed by atoms with Gasteiger partial charge in [-0.1, -0.05) is 36.8 Å². The summed E-state index contributed by atoms with van der Waals surface area (Å²) in [5.74, 6) is 1.03. The molecular weight excluding hydrogens is 210 g/mol. The lowest BCUT2D eigenvalue weighted by molar-refractivity contribution is 0.712. The Hall–Kier alpha value is -1.61. The number of aromatic nitrogens is 2. The van der Waals surface area contributed by atoms with E-state index in [1.807, 2.05) is 6.20 Å². The molecule has 1 aromatic heterocycles. The minimum absolute atomic E-state index is 0.858. The Morgan fingerprint density at radius 3 is 3.00 bits per heavy atom. The number of rotatable bonds is 5. The monoisotopic (exact) mass is 229 g/mol. The van der Waals surface area contributed by atoms with Gasteiger partial charge in [0.15, 0.2) is 0 Å². The summed E-state index contributed by atoms with van der Waals surface area (Å²) in [7, 11) is 0. The molecule has 0 radical (unpaired) electrons. The SMILES string of the molecule is CCNCc1cnc(Cc2cccc(C)c2)[nH]1. The highest BCUT2D eigenvalue weighted by Crippen LogP contribution is 2.09. The van der Waals surface area contributed by atoms with E-state index in [0.717, 1.165) is 31.0 Å². The van der Waals surface area contributed by atoms with Crippen LogP contribution in [-0.4, -0.2) is 16.5 Å². The van der Waals surface area contributed by atoms with Gasteiger partial charge in [-0.15, -0.1) is 0 Å². The van der Waals surface area contributed by atoms with Crippen LogP contribution in [0.5, 0.6) is 0 Å². The Labute approximate surface area is 102 Å². The molecule has 90 valence electrons. The Bertz CT molecular complexity index is 474. The van der Waals surface area contributed by atoms with E-state index < -0.39 is 0 Å². The lowest BCUT2D eigenvalue weighted by Crippen LogP contribution is -2.11. The second-order valence-electron chi connectivity index (χ2n) is 4.30. The highest BCUT2D eigenvalue weighted by Gasteiger charge is 2.01. The summed E-state index contributed by atoms with van der Waals surface area (Å²) in [4.78, 5) is 7.74. The topological polar surface area (TPSA) is 40.7 Å². The van der Waals surface area contributed by atoms with Crippen LogP contribution in [0.25, 0.3) is 0 Å². The van der Waals surface area contributed by atoms with Crippen molar-refractivity contribution in [3.63, 3.8) is 0 Å². The van der Waals surface area contributed by atoms with E-state index in [-0.39, 0.29) is 0 Å². The molecule has 0 saturated carbocycles. The largest absolute Gasteiger partial charge is 0.345 e. The van der Waals surface area contributed by atoms with Crippen LogP contribution in [0.4, 0.5) is 0 Å². The van der Waals surface area contributed by atoms with Gasteiger partial charge in [-0.25, -0.2) is 4.98 Å². The van der Waals surface area contributed by atoms with Crippen LogP contribution < -0.4 is 5.32 Å². The predicted octanol–water partition coefficient (Wildman–Crippen LogP) is 2.42. The minimum Gasteiger partial charge on any atom is -0.345 e. The van der Waals surface area contributed by atoms with Crippen LogP contribution >= 0.6 is 0 Å². The van der Waals surface area contributed by atoms with Crippen molar-refractivity contribution in [3.8, 4) is 0 Å². The summed E-state index contributed by atoms with van der Waals surface area (Å²) in [6, 6.07) is 8.54.